The summed E-state index contributed by atoms with van der Waals surface area (Å²) in [5, 5.41) is 0. The fourth-order valence-corrected chi connectivity index (χ4v) is 2.59. The van der Waals surface area contributed by atoms with Crippen LogP contribution in [0.3, 0.4) is 0 Å². The fourth-order valence-electron chi connectivity index (χ4n) is 2.59. The molecule has 0 aromatic carbocycles. The van der Waals surface area contributed by atoms with Crippen molar-refractivity contribution < 1.29 is 0 Å². The molecule has 0 radical (unpaired) electrons. The van der Waals surface area contributed by atoms with Gasteiger partial charge in [0.25, 0.3) is 0 Å². The summed E-state index contributed by atoms with van der Waals surface area (Å²) in [6.45, 7) is 26.7. The van der Waals surface area contributed by atoms with Gasteiger partial charge in [-0.3, -0.25) is 0 Å². The standard InChI is InChI=1S/C17H39N3/c1-8-18(9-2)12-14-20(16-17(5,6)7)15-13-19(10-3)11-4/h8-16H2,1-7H3. The average molecular weight is 286 g/mol. The third-order valence-electron chi connectivity index (χ3n) is 3.95. The molecule has 0 bridgehead atoms. The molecule has 0 N–H and O–H groups in total. The van der Waals surface area contributed by atoms with Gasteiger partial charge in [0.15, 0.2) is 0 Å². The SMILES string of the molecule is CCN(CC)CCN(CCN(CC)CC)CC(C)(C)C. The van der Waals surface area contributed by atoms with Gasteiger partial charge >= 0.3 is 0 Å². The smallest absolute Gasteiger partial charge is 0.0110 e. The number of hydrogen-bond acceptors (Lipinski definition) is 3. The first-order chi connectivity index (χ1) is 9.36. The van der Waals surface area contributed by atoms with Crippen molar-refractivity contribution in [2.75, 3.05) is 58.9 Å². The highest BCUT2D eigenvalue weighted by Gasteiger charge is 2.17. The van der Waals surface area contributed by atoms with Gasteiger partial charge in [0, 0.05) is 32.7 Å². The highest BCUT2D eigenvalue weighted by atomic mass is 15.2. The molecule has 0 fully saturated rings. The first-order valence-corrected chi connectivity index (χ1v) is 8.53. The summed E-state index contributed by atoms with van der Waals surface area (Å²) in [7, 11) is 0. The first kappa shape index (κ1) is 19.9. The van der Waals surface area contributed by atoms with Crippen LogP contribution in [-0.4, -0.2) is 73.6 Å². The zero-order chi connectivity index (χ0) is 15.6. The van der Waals surface area contributed by atoms with E-state index in [-0.39, 0.29) is 0 Å². The van der Waals surface area contributed by atoms with Gasteiger partial charge in [-0.05, 0) is 31.6 Å². The lowest BCUT2D eigenvalue weighted by Gasteiger charge is -2.33. The number of nitrogens with zero attached hydrogens (tertiary/aromatic N) is 3. The summed E-state index contributed by atoms with van der Waals surface area (Å²) >= 11 is 0. The summed E-state index contributed by atoms with van der Waals surface area (Å²) in [6, 6.07) is 0. The second kappa shape index (κ2) is 10.6. The van der Waals surface area contributed by atoms with Gasteiger partial charge in [0.05, 0.1) is 0 Å². The predicted molar refractivity (Wildman–Crippen MR) is 91.5 cm³/mol. The van der Waals surface area contributed by atoms with Crippen molar-refractivity contribution in [3.63, 3.8) is 0 Å². The third-order valence-corrected chi connectivity index (χ3v) is 3.95. The molecule has 0 saturated heterocycles. The van der Waals surface area contributed by atoms with Crippen molar-refractivity contribution in [1.29, 1.82) is 0 Å². The maximum atomic E-state index is 2.65. The van der Waals surface area contributed by atoms with E-state index >= 15 is 0 Å². The van der Waals surface area contributed by atoms with E-state index in [1.54, 1.807) is 0 Å². The summed E-state index contributed by atoms with van der Waals surface area (Å²) in [6.07, 6.45) is 0. The molecule has 0 aromatic heterocycles. The van der Waals surface area contributed by atoms with Gasteiger partial charge < -0.3 is 14.7 Å². The minimum absolute atomic E-state index is 0.381. The monoisotopic (exact) mass is 285 g/mol. The van der Waals surface area contributed by atoms with Crippen LogP contribution >= 0.6 is 0 Å². The second-order valence-corrected chi connectivity index (χ2v) is 6.89. The predicted octanol–water partition coefficient (Wildman–Crippen LogP) is 3.02. The molecule has 122 valence electrons. The van der Waals surface area contributed by atoms with E-state index in [2.05, 4.69) is 63.2 Å². The van der Waals surface area contributed by atoms with Crippen molar-refractivity contribution in [1.82, 2.24) is 14.7 Å². The Balaban J connectivity index is 4.33. The number of likely N-dealkylation sites (N-methyl/N-ethyl adjacent to an activating group) is 2. The molecule has 0 aliphatic heterocycles. The van der Waals surface area contributed by atoms with E-state index in [0.29, 0.717) is 5.41 Å². The summed E-state index contributed by atoms with van der Waals surface area (Å²) < 4.78 is 0. The minimum Gasteiger partial charge on any atom is -0.303 e. The highest BCUT2D eigenvalue weighted by molar-refractivity contribution is 4.72. The molecular formula is C17H39N3. The third kappa shape index (κ3) is 9.73. The summed E-state index contributed by atoms with van der Waals surface area (Å²) in [5.41, 5.74) is 0.381. The van der Waals surface area contributed by atoms with Crippen LogP contribution in [0.4, 0.5) is 0 Å². The molecule has 3 nitrogen and oxygen atoms in total. The molecule has 20 heavy (non-hydrogen) atoms. The van der Waals surface area contributed by atoms with Crippen LogP contribution in [0.5, 0.6) is 0 Å². The van der Waals surface area contributed by atoms with Crippen LogP contribution in [0, 0.1) is 5.41 Å². The number of hydrogen-bond donors (Lipinski definition) is 0. The summed E-state index contributed by atoms with van der Waals surface area (Å²) in [4.78, 5) is 7.69. The second-order valence-electron chi connectivity index (χ2n) is 6.89. The molecular weight excluding hydrogens is 246 g/mol. The normalized spacial score (nSPS) is 12.9. The molecule has 0 rings (SSSR count). The van der Waals surface area contributed by atoms with Crippen LogP contribution in [0.1, 0.15) is 48.5 Å². The van der Waals surface area contributed by atoms with E-state index in [1.807, 2.05) is 0 Å². The summed E-state index contributed by atoms with van der Waals surface area (Å²) in [5.74, 6) is 0. The Bertz CT molecular complexity index is 199. The highest BCUT2D eigenvalue weighted by Crippen LogP contribution is 2.15. The van der Waals surface area contributed by atoms with Crippen molar-refractivity contribution >= 4 is 0 Å². The Morgan fingerprint density at radius 2 is 0.850 bits per heavy atom. The topological polar surface area (TPSA) is 9.72 Å². The molecule has 0 saturated carbocycles. The number of rotatable bonds is 11. The Morgan fingerprint density at radius 1 is 0.550 bits per heavy atom. The molecule has 0 unspecified atom stereocenters. The van der Waals surface area contributed by atoms with Gasteiger partial charge in [0.1, 0.15) is 0 Å². The first-order valence-electron chi connectivity index (χ1n) is 8.53. The van der Waals surface area contributed by atoms with Gasteiger partial charge in [0.2, 0.25) is 0 Å². The van der Waals surface area contributed by atoms with Gasteiger partial charge in [-0.2, -0.15) is 0 Å². The van der Waals surface area contributed by atoms with Crippen LogP contribution < -0.4 is 0 Å². The van der Waals surface area contributed by atoms with Gasteiger partial charge in [-0.15, -0.1) is 0 Å². The minimum atomic E-state index is 0.381. The zero-order valence-corrected chi connectivity index (χ0v) is 15.2. The van der Waals surface area contributed by atoms with E-state index in [4.69, 9.17) is 0 Å². The molecule has 0 aromatic rings. The molecule has 0 heterocycles. The van der Waals surface area contributed by atoms with Crippen molar-refractivity contribution in [2.45, 2.75) is 48.5 Å². The molecule has 3 heteroatoms. The Hall–Kier alpha value is -0.120. The van der Waals surface area contributed by atoms with Crippen molar-refractivity contribution in [2.24, 2.45) is 5.41 Å². The zero-order valence-electron chi connectivity index (χ0n) is 15.2. The Labute approximate surface area is 128 Å². The van der Waals surface area contributed by atoms with Crippen LogP contribution in [0.15, 0.2) is 0 Å². The lowest BCUT2D eigenvalue weighted by atomic mass is 9.96. The molecule has 0 spiro atoms. The Kier molecular flexibility index (Phi) is 10.5. The molecule has 0 aliphatic rings. The molecule has 0 aliphatic carbocycles. The maximum absolute atomic E-state index is 2.65. The quantitative estimate of drug-likeness (QED) is 0.578. The lowest BCUT2D eigenvalue weighted by molar-refractivity contribution is 0.146. The van der Waals surface area contributed by atoms with Gasteiger partial charge in [-0.25, -0.2) is 0 Å². The van der Waals surface area contributed by atoms with Crippen LogP contribution in [-0.2, 0) is 0 Å². The largest absolute Gasteiger partial charge is 0.303 e. The lowest BCUT2D eigenvalue weighted by Crippen LogP contribution is -2.43. The van der Waals surface area contributed by atoms with E-state index in [0.717, 1.165) is 26.2 Å². The van der Waals surface area contributed by atoms with Crippen molar-refractivity contribution in [3.8, 4) is 0 Å². The Morgan fingerprint density at radius 3 is 1.10 bits per heavy atom. The van der Waals surface area contributed by atoms with E-state index < -0.39 is 0 Å². The molecule has 0 amide bonds. The van der Waals surface area contributed by atoms with E-state index in [9.17, 15) is 0 Å². The van der Waals surface area contributed by atoms with Crippen LogP contribution in [0.25, 0.3) is 0 Å². The maximum Gasteiger partial charge on any atom is 0.0110 e. The van der Waals surface area contributed by atoms with Crippen molar-refractivity contribution in [3.05, 3.63) is 0 Å². The fraction of sp³-hybridized carbons (Fsp3) is 1.00. The van der Waals surface area contributed by atoms with Crippen LogP contribution in [0.2, 0.25) is 0 Å². The van der Waals surface area contributed by atoms with E-state index in [1.165, 1.54) is 32.7 Å². The average Bonchev–Trinajstić information content (AvgIpc) is 2.39. The van der Waals surface area contributed by atoms with Gasteiger partial charge in [-0.1, -0.05) is 48.5 Å². The molecule has 0 atom stereocenters.